The van der Waals surface area contributed by atoms with E-state index in [1.807, 2.05) is 30.3 Å². The van der Waals surface area contributed by atoms with Gasteiger partial charge in [-0.15, -0.1) is 0 Å². The second-order valence-corrected chi connectivity index (χ2v) is 5.95. The van der Waals surface area contributed by atoms with Gasteiger partial charge in [-0.25, -0.2) is 4.42 Å². The summed E-state index contributed by atoms with van der Waals surface area (Å²) < 4.78 is 6.59. The summed E-state index contributed by atoms with van der Waals surface area (Å²) in [6.45, 7) is 1.91. The van der Waals surface area contributed by atoms with Gasteiger partial charge in [0.25, 0.3) is 5.91 Å². The molecule has 1 unspecified atom stereocenters. The number of carbonyl (C=O) groups is 1. The molecule has 0 heterocycles. The van der Waals surface area contributed by atoms with E-state index in [1.165, 1.54) is 7.11 Å². The van der Waals surface area contributed by atoms with Crippen LogP contribution in [0.25, 0.3) is 0 Å². The van der Waals surface area contributed by atoms with Crippen molar-refractivity contribution >= 4 is 23.5 Å². The summed E-state index contributed by atoms with van der Waals surface area (Å²) in [4.78, 5) is 12.8. The maximum Gasteiger partial charge on any atom is 0.273 e. The predicted molar refractivity (Wildman–Crippen MR) is 94.7 cm³/mol. The van der Waals surface area contributed by atoms with Gasteiger partial charge in [0.2, 0.25) is 0 Å². The molecule has 0 fully saturated rings. The van der Waals surface area contributed by atoms with Gasteiger partial charge >= 0.3 is 0 Å². The van der Waals surface area contributed by atoms with Gasteiger partial charge in [0, 0.05) is 24.4 Å². The number of carbonyl (C=O) groups excluding carboxylic acids is 1. The lowest BCUT2D eigenvalue weighted by Crippen LogP contribution is -2.42. The predicted octanol–water partition coefficient (Wildman–Crippen LogP) is 3.01. The zero-order valence-electron chi connectivity index (χ0n) is 13.6. The van der Waals surface area contributed by atoms with Gasteiger partial charge in [0.15, 0.2) is 5.60 Å². The Balaban J connectivity index is 2.17. The van der Waals surface area contributed by atoms with Crippen LogP contribution >= 0.6 is 11.8 Å². The van der Waals surface area contributed by atoms with Crippen LogP contribution in [0.2, 0.25) is 0 Å². The lowest BCUT2D eigenvalue weighted by atomic mass is 9.94. The van der Waals surface area contributed by atoms with Crippen molar-refractivity contribution in [1.82, 2.24) is 4.42 Å². The zero-order valence-corrected chi connectivity index (χ0v) is 14.4. The Hall–Kier alpha value is -2.37. The van der Waals surface area contributed by atoms with E-state index in [9.17, 15) is 4.79 Å². The van der Waals surface area contributed by atoms with Crippen molar-refractivity contribution in [1.29, 1.82) is 5.41 Å². The summed E-state index contributed by atoms with van der Waals surface area (Å²) in [6, 6.07) is 16.2. The lowest BCUT2D eigenvalue weighted by molar-refractivity contribution is -0.149. The summed E-state index contributed by atoms with van der Waals surface area (Å²) in [5.41, 5.74) is 6.45. The minimum absolute atomic E-state index is 0.00334. The summed E-state index contributed by atoms with van der Waals surface area (Å²) in [5.74, 6) is -0.357. The fraction of sp³-hybridized carbons (Fsp3) is 0.222. The molecule has 0 bridgehead atoms. The molecule has 1 atom stereocenters. The Morgan fingerprint density at radius 3 is 2.29 bits per heavy atom. The van der Waals surface area contributed by atoms with E-state index < -0.39 is 5.60 Å². The highest BCUT2D eigenvalue weighted by atomic mass is 35.5. The van der Waals surface area contributed by atoms with Crippen molar-refractivity contribution in [3.63, 3.8) is 0 Å². The topological polar surface area (TPSA) is 79.4 Å². The third-order valence-electron chi connectivity index (χ3n) is 3.95. The van der Waals surface area contributed by atoms with Crippen molar-refractivity contribution in [3.05, 3.63) is 71.3 Å². The van der Waals surface area contributed by atoms with Crippen molar-refractivity contribution in [2.45, 2.75) is 19.1 Å². The number of halogens is 1. The van der Waals surface area contributed by atoms with E-state index in [2.05, 4.69) is 0 Å². The minimum Gasteiger partial charge on any atom is -0.384 e. The number of amidine groups is 1. The number of nitrogen functional groups attached to an aromatic ring is 1. The van der Waals surface area contributed by atoms with Crippen LogP contribution in [-0.4, -0.2) is 23.3 Å². The highest BCUT2D eigenvalue weighted by Gasteiger charge is 2.38. The Bertz CT molecular complexity index is 719. The molecule has 0 spiro atoms. The largest absolute Gasteiger partial charge is 0.384 e. The molecule has 0 saturated heterocycles. The summed E-state index contributed by atoms with van der Waals surface area (Å²) in [7, 11) is 1.48. The fourth-order valence-electron chi connectivity index (χ4n) is 2.34. The molecule has 0 aromatic heterocycles. The van der Waals surface area contributed by atoms with Crippen LogP contribution in [0.5, 0.6) is 0 Å². The zero-order chi connectivity index (χ0) is 17.7. The molecule has 2 aromatic rings. The smallest absolute Gasteiger partial charge is 0.273 e. The molecule has 0 aliphatic heterocycles. The maximum absolute atomic E-state index is 12.8. The molecule has 24 heavy (non-hydrogen) atoms. The molecular weight excluding hydrogens is 326 g/mol. The summed E-state index contributed by atoms with van der Waals surface area (Å²) in [5, 5.41) is 7.39. The average molecular weight is 346 g/mol. The number of nitrogens with one attached hydrogen (secondary N) is 1. The summed E-state index contributed by atoms with van der Waals surface area (Å²) in [6.07, 6.45) is 0. The van der Waals surface area contributed by atoms with Crippen molar-refractivity contribution in [2.24, 2.45) is 5.73 Å². The molecule has 5 nitrogen and oxygen atoms in total. The Kier molecular flexibility index (Phi) is 5.59. The first kappa shape index (κ1) is 18.0. The van der Waals surface area contributed by atoms with Gasteiger partial charge in [-0.1, -0.05) is 54.6 Å². The van der Waals surface area contributed by atoms with Gasteiger partial charge in [0.1, 0.15) is 5.84 Å². The van der Waals surface area contributed by atoms with Gasteiger partial charge in [-0.3, -0.25) is 10.2 Å². The maximum atomic E-state index is 12.8. The number of hydrogen-bond donors (Lipinski definition) is 2. The van der Waals surface area contributed by atoms with Gasteiger partial charge in [-0.2, -0.15) is 0 Å². The SMILES string of the molecule is COC(C)(C(=O)N(Cl)Cc1ccc(C(=N)N)cc1)c1ccccc1. The number of ether oxygens (including phenoxy) is 1. The number of hydrogen-bond acceptors (Lipinski definition) is 3. The highest BCUT2D eigenvalue weighted by molar-refractivity contribution is 6.22. The van der Waals surface area contributed by atoms with E-state index in [0.29, 0.717) is 5.56 Å². The third kappa shape index (κ3) is 3.75. The van der Waals surface area contributed by atoms with E-state index in [1.54, 1.807) is 31.2 Å². The van der Waals surface area contributed by atoms with Crippen molar-refractivity contribution in [2.75, 3.05) is 7.11 Å². The number of methoxy groups -OCH3 is 1. The number of rotatable bonds is 6. The second kappa shape index (κ2) is 7.47. The monoisotopic (exact) mass is 345 g/mol. The molecule has 1 amide bonds. The van der Waals surface area contributed by atoms with Crippen LogP contribution in [0, 0.1) is 5.41 Å². The molecule has 3 N–H and O–H groups in total. The lowest BCUT2D eigenvalue weighted by Gasteiger charge is -2.30. The normalized spacial score (nSPS) is 13.1. The van der Waals surface area contributed by atoms with Gasteiger partial charge in [0.05, 0.1) is 6.54 Å². The molecule has 0 aliphatic rings. The fourth-order valence-corrected chi connectivity index (χ4v) is 2.64. The van der Waals surface area contributed by atoms with E-state index in [-0.39, 0.29) is 18.3 Å². The quantitative estimate of drug-likeness (QED) is 0.480. The Morgan fingerprint density at radius 1 is 1.21 bits per heavy atom. The summed E-state index contributed by atoms with van der Waals surface area (Å²) >= 11 is 6.22. The third-order valence-corrected chi connectivity index (χ3v) is 4.22. The van der Waals surface area contributed by atoms with Crippen molar-refractivity contribution < 1.29 is 9.53 Å². The molecule has 0 saturated carbocycles. The van der Waals surface area contributed by atoms with E-state index in [0.717, 1.165) is 15.5 Å². The molecular formula is C18H20ClN3O2. The molecule has 2 rings (SSSR count). The van der Waals surface area contributed by atoms with Crippen molar-refractivity contribution in [3.8, 4) is 0 Å². The molecule has 2 aromatic carbocycles. The van der Waals surface area contributed by atoms with Crippen LogP contribution in [0.3, 0.4) is 0 Å². The molecule has 126 valence electrons. The number of amides is 1. The molecule has 0 radical (unpaired) electrons. The molecule has 0 aliphatic carbocycles. The number of benzene rings is 2. The number of nitrogens with zero attached hydrogens (tertiary/aromatic N) is 1. The highest BCUT2D eigenvalue weighted by Crippen LogP contribution is 2.28. The average Bonchev–Trinajstić information content (AvgIpc) is 2.61. The number of nitrogens with two attached hydrogens (primary N) is 1. The minimum atomic E-state index is -1.16. The van der Waals surface area contributed by atoms with Gasteiger partial charge in [-0.05, 0) is 18.1 Å². The standard InChI is InChI=1S/C18H20ClN3O2/c1-18(24-2,15-6-4-3-5-7-15)17(23)22(19)12-13-8-10-14(11-9-13)16(20)21/h3-11H,12H2,1-2H3,(H3,20,21). The first-order chi connectivity index (χ1) is 11.4. The van der Waals surface area contributed by atoms with Gasteiger partial charge < -0.3 is 10.5 Å². The van der Waals surface area contributed by atoms with Crippen LogP contribution in [0.15, 0.2) is 54.6 Å². The van der Waals surface area contributed by atoms with Crippen LogP contribution in [-0.2, 0) is 21.7 Å². The van der Waals surface area contributed by atoms with Crippen LogP contribution in [0.1, 0.15) is 23.6 Å². The first-order valence-electron chi connectivity index (χ1n) is 7.40. The van der Waals surface area contributed by atoms with Crippen LogP contribution in [0.4, 0.5) is 0 Å². The Labute approximate surface area is 146 Å². The molecule has 6 heteroatoms. The van der Waals surface area contributed by atoms with E-state index >= 15 is 0 Å². The van der Waals surface area contributed by atoms with E-state index in [4.69, 9.17) is 27.7 Å². The first-order valence-corrected chi connectivity index (χ1v) is 7.74. The Morgan fingerprint density at radius 2 is 1.79 bits per heavy atom. The van der Waals surface area contributed by atoms with Crippen LogP contribution < -0.4 is 5.73 Å². The second-order valence-electron chi connectivity index (χ2n) is 5.54.